The van der Waals surface area contributed by atoms with Gasteiger partial charge in [-0.25, -0.2) is 0 Å². The fourth-order valence-corrected chi connectivity index (χ4v) is 11.0. The molecular weight excluding hydrogens is 617 g/mol. The molecule has 0 N–H and O–H groups in total. The Morgan fingerprint density at radius 2 is 1.41 bits per heavy atom. The summed E-state index contributed by atoms with van der Waals surface area (Å²) in [5.74, 6) is 0.546. The molecule has 2 aromatic rings. The van der Waals surface area contributed by atoms with E-state index in [9.17, 15) is 0 Å². The maximum atomic E-state index is 2.85. The lowest BCUT2D eigenvalue weighted by Crippen LogP contribution is -2.46. The summed E-state index contributed by atoms with van der Waals surface area (Å²) in [5.41, 5.74) is 11.9. The number of para-hydroxylation sites is 1. The molecule has 0 heterocycles. The zero-order chi connectivity index (χ0) is 34.0. The lowest BCUT2D eigenvalue weighted by atomic mass is 9.58. The number of anilines is 2. The van der Waals surface area contributed by atoms with Crippen molar-refractivity contribution in [2.45, 2.75) is 126 Å². The summed E-state index contributed by atoms with van der Waals surface area (Å²) in [6.07, 6.45) is 49.3. The molecule has 9 rings (SSSR count). The Labute approximate surface area is 307 Å². The van der Waals surface area contributed by atoms with E-state index in [1.54, 1.807) is 16.7 Å². The SMILES string of the molecule is C1=CC(N(c2ccc3c(c2)C(C2=CCCC=C2)(C2CC=CCC2)C2=C3C=CC(N(c3ccccc3)C3CCCCC3)C2)C2CC=CCC2)=CCC1. The van der Waals surface area contributed by atoms with Crippen LogP contribution >= 0.6 is 0 Å². The van der Waals surface area contributed by atoms with Gasteiger partial charge >= 0.3 is 0 Å². The van der Waals surface area contributed by atoms with E-state index in [0.29, 0.717) is 24.0 Å². The predicted octanol–water partition coefficient (Wildman–Crippen LogP) is 12.6. The first kappa shape index (κ1) is 32.8. The highest BCUT2D eigenvalue weighted by Gasteiger charge is 2.53. The molecule has 2 nitrogen and oxygen atoms in total. The minimum atomic E-state index is -0.116. The van der Waals surface area contributed by atoms with Crippen molar-refractivity contribution >= 4 is 16.9 Å². The number of nitrogens with zero attached hydrogens (tertiary/aromatic N) is 2. The van der Waals surface area contributed by atoms with E-state index in [0.717, 1.165) is 44.9 Å². The average molecular weight is 673 g/mol. The molecule has 7 aliphatic rings. The number of hydrogen-bond acceptors (Lipinski definition) is 2. The van der Waals surface area contributed by atoms with Crippen LogP contribution in [0, 0.1) is 5.92 Å². The molecule has 4 atom stereocenters. The Morgan fingerprint density at radius 1 is 0.608 bits per heavy atom. The van der Waals surface area contributed by atoms with E-state index in [1.807, 2.05) is 0 Å². The van der Waals surface area contributed by atoms with Gasteiger partial charge in [-0.1, -0.05) is 110 Å². The van der Waals surface area contributed by atoms with Crippen molar-refractivity contribution in [3.8, 4) is 0 Å². The molecule has 0 aromatic heterocycles. The third-order valence-corrected chi connectivity index (χ3v) is 13.3. The predicted molar refractivity (Wildman–Crippen MR) is 217 cm³/mol. The van der Waals surface area contributed by atoms with Crippen LogP contribution in [0.5, 0.6) is 0 Å². The Morgan fingerprint density at radius 3 is 2.14 bits per heavy atom. The van der Waals surface area contributed by atoms with Crippen LogP contribution in [0.1, 0.15) is 114 Å². The molecule has 2 heteroatoms. The second-order valence-corrected chi connectivity index (χ2v) is 16.1. The van der Waals surface area contributed by atoms with Crippen molar-refractivity contribution in [3.05, 3.63) is 149 Å². The van der Waals surface area contributed by atoms with Crippen LogP contribution in [0.4, 0.5) is 11.4 Å². The summed E-state index contributed by atoms with van der Waals surface area (Å²) >= 11 is 0. The van der Waals surface area contributed by atoms with Gasteiger partial charge in [0.2, 0.25) is 0 Å². The van der Waals surface area contributed by atoms with Gasteiger partial charge in [0.15, 0.2) is 0 Å². The molecule has 0 bridgehead atoms. The smallest absolute Gasteiger partial charge is 0.0517 e. The van der Waals surface area contributed by atoms with Gasteiger partial charge in [-0.2, -0.15) is 0 Å². The molecule has 51 heavy (non-hydrogen) atoms. The van der Waals surface area contributed by atoms with Crippen LogP contribution in [0.3, 0.4) is 0 Å². The summed E-state index contributed by atoms with van der Waals surface area (Å²) in [4.78, 5) is 5.58. The number of benzene rings is 2. The summed E-state index contributed by atoms with van der Waals surface area (Å²) in [5, 5.41) is 0. The first-order chi connectivity index (χ1) is 25.3. The Balaban J connectivity index is 1.20. The molecule has 2 aromatic carbocycles. The normalized spacial score (nSPS) is 28.7. The highest BCUT2D eigenvalue weighted by Crippen LogP contribution is 2.61. The fraction of sp³-hybridized carbons (Fsp3) is 0.429. The first-order valence-electron chi connectivity index (χ1n) is 20.6. The topological polar surface area (TPSA) is 6.48 Å². The molecule has 0 amide bonds. The van der Waals surface area contributed by atoms with E-state index in [-0.39, 0.29) is 5.41 Å². The van der Waals surface area contributed by atoms with Crippen LogP contribution < -0.4 is 9.80 Å². The van der Waals surface area contributed by atoms with E-state index >= 15 is 0 Å². The van der Waals surface area contributed by atoms with Gasteiger partial charge in [0.05, 0.1) is 6.04 Å². The molecule has 7 aliphatic carbocycles. The van der Waals surface area contributed by atoms with Gasteiger partial charge in [-0.05, 0) is 148 Å². The average Bonchev–Trinajstić information content (AvgIpc) is 3.50. The van der Waals surface area contributed by atoms with E-state index in [1.165, 1.54) is 86.0 Å². The van der Waals surface area contributed by atoms with Crippen molar-refractivity contribution in [2.75, 3.05) is 9.80 Å². The monoisotopic (exact) mass is 672 g/mol. The molecule has 1 saturated carbocycles. The van der Waals surface area contributed by atoms with Gasteiger partial charge in [0.25, 0.3) is 0 Å². The standard InChI is InChI=1S/C49H56N2/c1-7-19-37(20-8-1)49(38-21-9-2-10-22-38)47-35-43(50(39-23-11-3-12-24-39)40-25-13-4-14-26-40)31-33-45(47)46-34-32-44(36-48(46)49)51(41-27-15-5-16-28-41)42-29-17-6-18-30-42/h1,3,5,7,9,11-12,15,17,21-24,29-34,36-37,40-41,43H,2,4,6,8,10,13-14,16,18-20,25-28,35H2. The molecule has 0 saturated heterocycles. The van der Waals surface area contributed by atoms with Crippen molar-refractivity contribution in [2.24, 2.45) is 5.92 Å². The maximum Gasteiger partial charge on any atom is 0.0517 e. The van der Waals surface area contributed by atoms with Crippen molar-refractivity contribution in [1.82, 2.24) is 0 Å². The van der Waals surface area contributed by atoms with Gasteiger partial charge in [0, 0.05) is 34.6 Å². The van der Waals surface area contributed by atoms with Gasteiger partial charge in [0.1, 0.15) is 0 Å². The van der Waals surface area contributed by atoms with Crippen LogP contribution in [0.25, 0.3) is 5.57 Å². The minimum absolute atomic E-state index is 0.116. The summed E-state index contributed by atoms with van der Waals surface area (Å²) in [6, 6.07) is 20.6. The summed E-state index contributed by atoms with van der Waals surface area (Å²) in [7, 11) is 0. The largest absolute Gasteiger partial charge is 0.362 e. The van der Waals surface area contributed by atoms with E-state index in [4.69, 9.17) is 0 Å². The molecule has 0 radical (unpaired) electrons. The Kier molecular flexibility index (Phi) is 9.36. The van der Waals surface area contributed by atoms with Gasteiger partial charge in [-0.3, -0.25) is 0 Å². The van der Waals surface area contributed by atoms with Crippen LogP contribution in [0.2, 0.25) is 0 Å². The molecular formula is C49H56N2. The number of fused-ring (bicyclic) bond motifs is 2. The summed E-state index contributed by atoms with van der Waals surface area (Å²) in [6.45, 7) is 0. The molecule has 1 fully saturated rings. The van der Waals surface area contributed by atoms with Gasteiger partial charge < -0.3 is 9.80 Å². The Bertz CT molecular complexity index is 1840. The fourth-order valence-electron chi connectivity index (χ4n) is 11.0. The second-order valence-electron chi connectivity index (χ2n) is 16.1. The number of rotatable bonds is 8. The quantitative estimate of drug-likeness (QED) is 0.258. The third kappa shape index (κ3) is 5.97. The lowest BCUT2D eigenvalue weighted by molar-refractivity contribution is 0.328. The van der Waals surface area contributed by atoms with E-state index in [2.05, 4.69) is 131 Å². The molecule has 262 valence electrons. The van der Waals surface area contributed by atoms with Crippen LogP contribution in [-0.4, -0.2) is 18.1 Å². The second kappa shape index (κ2) is 14.5. The molecule has 4 unspecified atom stereocenters. The number of allylic oxidation sites excluding steroid dienone is 12. The summed E-state index contributed by atoms with van der Waals surface area (Å²) < 4.78 is 0. The highest BCUT2D eigenvalue weighted by atomic mass is 15.2. The van der Waals surface area contributed by atoms with E-state index < -0.39 is 0 Å². The first-order valence-corrected chi connectivity index (χ1v) is 20.6. The zero-order valence-electron chi connectivity index (χ0n) is 30.6. The molecule has 0 aliphatic heterocycles. The third-order valence-electron chi connectivity index (χ3n) is 13.3. The van der Waals surface area contributed by atoms with Crippen molar-refractivity contribution in [3.63, 3.8) is 0 Å². The van der Waals surface area contributed by atoms with Crippen LogP contribution in [0.15, 0.2) is 138 Å². The number of hydrogen-bond donors (Lipinski definition) is 0. The minimum Gasteiger partial charge on any atom is -0.362 e. The van der Waals surface area contributed by atoms with Crippen molar-refractivity contribution in [1.29, 1.82) is 0 Å². The Hall–Kier alpha value is -4.04. The highest BCUT2D eigenvalue weighted by molar-refractivity contribution is 5.91. The maximum absolute atomic E-state index is 2.85. The van der Waals surface area contributed by atoms with Gasteiger partial charge in [-0.15, -0.1) is 0 Å². The lowest BCUT2D eigenvalue weighted by Gasteiger charge is -2.48. The zero-order valence-corrected chi connectivity index (χ0v) is 30.6. The van der Waals surface area contributed by atoms with Crippen LogP contribution in [-0.2, 0) is 5.41 Å². The molecule has 0 spiro atoms. The van der Waals surface area contributed by atoms with Crippen molar-refractivity contribution < 1.29 is 0 Å².